The van der Waals surface area contributed by atoms with Gasteiger partial charge in [-0.1, -0.05) is 59.7 Å². The summed E-state index contributed by atoms with van der Waals surface area (Å²) in [6, 6.07) is 15.7. The highest BCUT2D eigenvalue weighted by atomic mass is 35.5. The summed E-state index contributed by atoms with van der Waals surface area (Å²) >= 11 is 13.8. The van der Waals surface area contributed by atoms with Gasteiger partial charge in [-0.15, -0.1) is 5.10 Å². The van der Waals surface area contributed by atoms with E-state index in [0.29, 0.717) is 9.98 Å². The summed E-state index contributed by atoms with van der Waals surface area (Å²) in [6.07, 6.45) is 0.731. The van der Waals surface area contributed by atoms with Gasteiger partial charge in [-0.2, -0.15) is 4.52 Å². The molecular formula is C23H23Cl2N5OS. The molecule has 32 heavy (non-hydrogen) atoms. The SMILES string of the molecule is CCc1nc2sc([C@H](c3ccc(Cl)cc3)N3CCN(c4cccc(Cl)c4)CC3)c(O)n2n1. The molecule has 0 spiro atoms. The number of rotatable bonds is 5. The zero-order valence-electron chi connectivity index (χ0n) is 17.6. The molecule has 1 saturated heterocycles. The van der Waals surface area contributed by atoms with Crippen LogP contribution in [-0.4, -0.2) is 50.8 Å². The van der Waals surface area contributed by atoms with Gasteiger partial charge in [0.15, 0.2) is 5.82 Å². The Morgan fingerprint density at radius 3 is 2.44 bits per heavy atom. The summed E-state index contributed by atoms with van der Waals surface area (Å²) in [5.74, 6) is 0.894. The first-order chi connectivity index (χ1) is 15.5. The Balaban J connectivity index is 1.47. The Morgan fingerprint density at radius 1 is 1.03 bits per heavy atom. The van der Waals surface area contributed by atoms with Gasteiger partial charge in [0.2, 0.25) is 10.8 Å². The minimum absolute atomic E-state index is 0.104. The van der Waals surface area contributed by atoms with Crippen LogP contribution in [0.4, 0.5) is 5.69 Å². The molecule has 2 aromatic carbocycles. The van der Waals surface area contributed by atoms with Crippen LogP contribution in [0, 0.1) is 0 Å². The van der Waals surface area contributed by atoms with E-state index in [1.54, 1.807) is 4.52 Å². The molecule has 1 atom stereocenters. The normalized spacial score (nSPS) is 16.0. The number of aromatic nitrogens is 3. The first-order valence-corrected chi connectivity index (χ1v) is 12.2. The third-order valence-electron chi connectivity index (χ3n) is 5.85. The van der Waals surface area contributed by atoms with E-state index in [1.807, 2.05) is 49.4 Å². The van der Waals surface area contributed by atoms with Crippen LogP contribution in [0.25, 0.3) is 4.96 Å². The maximum atomic E-state index is 11.1. The van der Waals surface area contributed by atoms with Gasteiger partial charge in [-0.25, -0.2) is 4.98 Å². The molecule has 2 aromatic heterocycles. The predicted octanol–water partition coefficient (Wildman–Crippen LogP) is 5.28. The molecule has 6 nitrogen and oxygen atoms in total. The lowest BCUT2D eigenvalue weighted by atomic mass is 10.0. The van der Waals surface area contributed by atoms with Crippen molar-refractivity contribution in [2.75, 3.05) is 31.1 Å². The molecule has 9 heteroatoms. The van der Waals surface area contributed by atoms with Crippen LogP contribution in [0.3, 0.4) is 0 Å². The van der Waals surface area contributed by atoms with Crippen molar-refractivity contribution in [3.05, 3.63) is 74.8 Å². The average molecular weight is 488 g/mol. The van der Waals surface area contributed by atoms with Gasteiger partial charge in [0.25, 0.3) is 0 Å². The molecule has 0 bridgehead atoms. The van der Waals surface area contributed by atoms with E-state index in [-0.39, 0.29) is 11.9 Å². The van der Waals surface area contributed by atoms with Gasteiger partial charge in [0, 0.05) is 48.3 Å². The second kappa shape index (κ2) is 8.90. The van der Waals surface area contributed by atoms with Gasteiger partial charge in [0.05, 0.1) is 10.9 Å². The lowest BCUT2D eigenvalue weighted by Gasteiger charge is -2.40. The highest BCUT2D eigenvalue weighted by molar-refractivity contribution is 7.17. The Hall–Kier alpha value is -2.32. The van der Waals surface area contributed by atoms with Crippen molar-refractivity contribution in [1.29, 1.82) is 0 Å². The number of halogens is 2. The maximum Gasteiger partial charge on any atom is 0.230 e. The third kappa shape index (κ3) is 4.06. The molecule has 1 aliphatic heterocycles. The highest BCUT2D eigenvalue weighted by Crippen LogP contribution is 2.40. The maximum absolute atomic E-state index is 11.1. The molecule has 3 heterocycles. The number of aromatic hydroxyl groups is 1. The predicted molar refractivity (Wildman–Crippen MR) is 130 cm³/mol. The number of aryl methyl sites for hydroxylation is 1. The van der Waals surface area contributed by atoms with E-state index >= 15 is 0 Å². The largest absolute Gasteiger partial charge is 0.492 e. The number of fused-ring (bicyclic) bond motifs is 1. The van der Waals surface area contributed by atoms with Crippen molar-refractivity contribution in [3.63, 3.8) is 0 Å². The van der Waals surface area contributed by atoms with Gasteiger partial charge >= 0.3 is 0 Å². The zero-order chi connectivity index (χ0) is 22.2. The second-order valence-electron chi connectivity index (χ2n) is 7.82. The van der Waals surface area contributed by atoms with Crippen molar-refractivity contribution in [3.8, 4) is 5.88 Å². The van der Waals surface area contributed by atoms with Crippen LogP contribution in [-0.2, 0) is 6.42 Å². The summed E-state index contributed by atoms with van der Waals surface area (Å²) in [6.45, 7) is 5.42. The van der Waals surface area contributed by atoms with E-state index in [2.05, 4.69) is 25.9 Å². The fourth-order valence-electron chi connectivity index (χ4n) is 4.20. The molecule has 1 aliphatic rings. The Labute approximate surface area is 200 Å². The molecule has 1 fully saturated rings. The van der Waals surface area contributed by atoms with Gasteiger partial charge in [0.1, 0.15) is 0 Å². The molecule has 0 amide bonds. The number of hydrogen-bond donors (Lipinski definition) is 1. The van der Waals surface area contributed by atoms with Crippen LogP contribution in [0.1, 0.15) is 29.2 Å². The fourth-order valence-corrected chi connectivity index (χ4v) is 5.65. The summed E-state index contributed by atoms with van der Waals surface area (Å²) in [4.78, 5) is 10.9. The van der Waals surface area contributed by atoms with Crippen molar-refractivity contribution >= 4 is 45.2 Å². The smallest absolute Gasteiger partial charge is 0.230 e. The summed E-state index contributed by atoms with van der Waals surface area (Å²) in [5.41, 5.74) is 2.22. The van der Waals surface area contributed by atoms with Gasteiger partial charge < -0.3 is 10.0 Å². The number of anilines is 1. The lowest BCUT2D eigenvalue weighted by molar-refractivity contribution is 0.211. The standard InChI is InChI=1S/C23H23Cl2N5OS/c1-2-19-26-23-30(27-19)22(31)21(32-23)20(15-6-8-16(24)9-7-15)29-12-10-28(11-13-29)18-5-3-4-17(25)14-18/h3-9,14,20,31H,2,10-13H2,1H3/t20-/m0/s1. The molecule has 0 aliphatic carbocycles. The van der Waals surface area contributed by atoms with E-state index in [0.717, 1.165) is 59.6 Å². The molecule has 4 aromatic rings. The highest BCUT2D eigenvalue weighted by Gasteiger charge is 2.31. The summed E-state index contributed by atoms with van der Waals surface area (Å²) in [7, 11) is 0. The third-order valence-corrected chi connectivity index (χ3v) is 7.41. The molecule has 166 valence electrons. The second-order valence-corrected chi connectivity index (χ2v) is 9.70. The number of nitrogens with zero attached hydrogens (tertiary/aromatic N) is 5. The number of hydrogen-bond acceptors (Lipinski definition) is 6. The topological polar surface area (TPSA) is 56.9 Å². The van der Waals surface area contributed by atoms with Gasteiger partial charge in [-0.05, 0) is 35.9 Å². The number of benzene rings is 2. The van der Waals surface area contributed by atoms with E-state index in [1.165, 1.54) is 11.3 Å². The quantitative estimate of drug-likeness (QED) is 0.415. The Kier molecular flexibility index (Phi) is 5.99. The van der Waals surface area contributed by atoms with Crippen molar-refractivity contribution < 1.29 is 5.11 Å². The van der Waals surface area contributed by atoms with Crippen LogP contribution < -0.4 is 4.90 Å². The lowest BCUT2D eigenvalue weighted by Crippen LogP contribution is -2.47. The van der Waals surface area contributed by atoms with E-state index in [9.17, 15) is 5.11 Å². The zero-order valence-corrected chi connectivity index (χ0v) is 19.9. The van der Waals surface area contributed by atoms with E-state index in [4.69, 9.17) is 23.2 Å². The fraction of sp³-hybridized carbons (Fsp3) is 0.304. The summed E-state index contributed by atoms with van der Waals surface area (Å²) < 4.78 is 1.56. The van der Waals surface area contributed by atoms with Crippen LogP contribution >= 0.6 is 34.5 Å². The molecule has 0 saturated carbocycles. The molecule has 0 unspecified atom stereocenters. The average Bonchev–Trinajstić information content (AvgIpc) is 3.35. The molecule has 0 radical (unpaired) electrons. The monoisotopic (exact) mass is 487 g/mol. The molecule has 5 rings (SSSR count). The van der Waals surface area contributed by atoms with Crippen molar-refractivity contribution in [2.24, 2.45) is 0 Å². The van der Waals surface area contributed by atoms with E-state index < -0.39 is 0 Å². The summed E-state index contributed by atoms with van der Waals surface area (Å²) in [5, 5.41) is 17.0. The van der Waals surface area contributed by atoms with Gasteiger partial charge in [-0.3, -0.25) is 4.90 Å². The van der Waals surface area contributed by atoms with Crippen LogP contribution in [0.5, 0.6) is 5.88 Å². The van der Waals surface area contributed by atoms with Crippen LogP contribution in [0.15, 0.2) is 48.5 Å². The molecular weight excluding hydrogens is 465 g/mol. The molecule has 1 N–H and O–H groups in total. The van der Waals surface area contributed by atoms with Crippen molar-refractivity contribution in [1.82, 2.24) is 19.5 Å². The minimum Gasteiger partial charge on any atom is -0.492 e. The first kappa shape index (κ1) is 21.5. The number of piperazine rings is 1. The van der Waals surface area contributed by atoms with Crippen LogP contribution in [0.2, 0.25) is 10.0 Å². The first-order valence-electron chi connectivity index (χ1n) is 10.6. The number of thiazole rings is 1. The van der Waals surface area contributed by atoms with Crippen molar-refractivity contribution in [2.45, 2.75) is 19.4 Å². The Bertz CT molecular complexity index is 1230. The Morgan fingerprint density at radius 2 is 1.78 bits per heavy atom. The minimum atomic E-state index is -0.104.